The molecule has 0 saturated carbocycles. The molecule has 2 heterocycles. The Morgan fingerprint density at radius 3 is 2.63 bits per heavy atom. The molecule has 0 bridgehead atoms. The number of ether oxygens (including phenoxy) is 1. The molecule has 2 rings (SSSR count). The Balaban J connectivity index is 1.89. The van der Waals surface area contributed by atoms with Crippen LogP contribution in [-0.2, 0) is 14.8 Å². The minimum Gasteiger partial charge on any atom is -0.375 e. The maximum atomic E-state index is 12.4. The highest BCUT2D eigenvalue weighted by Crippen LogP contribution is 2.21. The van der Waals surface area contributed by atoms with Crippen LogP contribution in [0, 0.1) is 5.92 Å². The van der Waals surface area contributed by atoms with Crippen LogP contribution in [-0.4, -0.2) is 56.9 Å². The van der Waals surface area contributed by atoms with E-state index in [4.69, 9.17) is 4.74 Å². The molecule has 2 saturated heterocycles. The number of hydrogen-bond acceptors (Lipinski definition) is 4. The molecule has 0 spiro atoms. The van der Waals surface area contributed by atoms with Crippen LogP contribution in [0.3, 0.4) is 0 Å². The predicted octanol–water partition coefficient (Wildman–Crippen LogP) is 0.815. The first-order valence-corrected chi connectivity index (χ1v) is 8.92. The molecular weight excluding hydrogens is 264 g/mol. The first kappa shape index (κ1) is 15.2. The third-order valence-corrected chi connectivity index (χ3v) is 6.13. The van der Waals surface area contributed by atoms with E-state index in [1.165, 1.54) is 0 Å². The van der Waals surface area contributed by atoms with Crippen molar-refractivity contribution in [2.24, 2.45) is 5.92 Å². The summed E-state index contributed by atoms with van der Waals surface area (Å²) < 4.78 is 32.0. The van der Waals surface area contributed by atoms with Gasteiger partial charge in [0.15, 0.2) is 0 Å². The van der Waals surface area contributed by atoms with E-state index in [0.717, 1.165) is 32.4 Å². The van der Waals surface area contributed by atoms with E-state index < -0.39 is 10.0 Å². The highest BCUT2D eigenvalue weighted by molar-refractivity contribution is 7.89. The Kier molecular flexibility index (Phi) is 5.22. The zero-order valence-corrected chi connectivity index (χ0v) is 12.8. The number of hydrogen-bond donors (Lipinski definition) is 1. The van der Waals surface area contributed by atoms with E-state index in [0.29, 0.717) is 19.1 Å². The molecule has 0 aromatic rings. The Morgan fingerprint density at radius 1 is 1.26 bits per heavy atom. The summed E-state index contributed by atoms with van der Waals surface area (Å²) >= 11 is 0. The molecule has 0 aromatic heterocycles. The minimum atomic E-state index is -3.13. The average Bonchev–Trinajstić information content (AvgIpc) is 2.40. The zero-order valence-electron chi connectivity index (χ0n) is 12.0. The summed E-state index contributed by atoms with van der Waals surface area (Å²) in [7, 11) is -3.13. The molecule has 2 unspecified atom stereocenters. The van der Waals surface area contributed by atoms with Gasteiger partial charge in [-0.25, -0.2) is 8.42 Å². The second-order valence-electron chi connectivity index (χ2n) is 5.86. The second kappa shape index (κ2) is 6.52. The third kappa shape index (κ3) is 4.15. The highest BCUT2D eigenvalue weighted by Gasteiger charge is 2.33. The second-order valence-corrected chi connectivity index (χ2v) is 7.90. The summed E-state index contributed by atoms with van der Waals surface area (Å²) in [5.74, 6) is 0.846. The van der Waals surface area contributed by atoms with Gasteiger partial charge >= 0.3 is 0 Å². The standard InChI is InChI=1S/C13H26N2O3S/c1-11-10-18-12(2)9-15(11)19(16,17)8-5-13-3-6-14-7-4-13/h11-14H,3-10H2,1-2H3. The Morgan fingerprint density at radius 2 is 1.95 bits per heavy atom. The van der Waals surface area contributed by atoms with Gasteiger partial charge in [-0.15, -0.1) is 0 Å². The summed E-state index contributed by atoms with van der Waals surface area (Å²) in [6, 6.07) is -0.0331. The normalized spacial score (nSPS) is 31.5. The van der Waals surface area contributed by atoms with Crippen molar-refractivity contribution < 1.29 is 13.2 Å². The van der Waals surface area contributed by atoms with Crippen molar-refractivity contribution in [2.45, 2.75) is 45.3 Å². The fourth-order valence-electron chi connectivity index (χ4n) is 2.86. The van der Waals surface area contributed by atoms with Gasteiger partial charge in [0.2, 0.25) is 10.0 Å². The number of rotatable bonds is 4. The molecule has 5 nitrogen and oxygen atoms in total. The third-order valence-electron chi connectivity index (χ3n) is 4.15. The monoisotopic (exact) mass is 290 g/mol. The number of morpholine rings is 1. The lowest BCUT2D eigenvalue weighted by molar-refractivity contribution is -0.0170. The molecule has 2 aliphatic heterocycles. The predicted molar refractivity (Wildman–Crippen MR) is 75.6 cm³/mol. The lowest BCUT2D eigenvalue weighted by atomic mass is 9.96. The number of sulfonamides is 1. The number of nitrogens with zero attached hydrogens (tertiary/aromatic N) is 1. The van der Waals surface area contributed by atoms with Crippen LogP contribution >= 0.6 is 0 Å². The first-order valence-electron chi connectivity index (χ1n) is 7.31. The van der Waals surface area contributed by atoms with Gasteiger partial charge in [0.25, 0.3) is 0 Å². The summed E-state index contributed by atoms with van der Waals surface area (Å²) in [5.41, 5.74) is 0. The zero-order chi connectivity index (χ0) is 13.9. The highest BCUT2D eigenvalue weighted by atomic mass is 32.2. The molecule has 6 heteroatoms. The molecule has 2 aliphatic rings. The molecule has 0 radical (unpaired) electrons. The van der Waals surface area contributed by atoms with Crippen molar-refractivity contribution in [1.82, 2.24) is 9.62 Å². The fraction of sp³-hybridized carbons (Fsp3) is 1.00. The molecule has 112 valence electrons. The van der Waals surface area contributed by atoms with Crippen molar-refractivity contribution in [3.05, 3.63) is 0 Å². The lowest BCUT2D eigenvalue weighted by Gasteiger charge is -2.36. The van der Waals surface area contributed by atoms with E-state index in [2.05, 4.69) is 5.32 Å². The van der Waals surface area contributed by atoms with Gasteiger partial charge in [0.1, 0.15) is 0 Å². The van der Waals surface area contributed by atoms with Crippen molar-refractivity contribution >= 4 is 10.0 Å². The summed E-state index contributed by atoms with van der Waals surface area (Å²) in [5, 5.41) is 3.31. The van der Waals surface area contributed by atoms with E-state index in [1.54, 1.807) is 4.31 Å². The van der Waals surface area contributed by atoms with Crippen molar-refractivity contribution in [3.63, 3.8) is 0 Å². The van der Waals surface area contributed by atoms with Crippen molar-refractivity contribution in [3.8, 4) is 0 Å². The van der Waals surface area contributed by atoms with Gasteiger partial charge in [0.05, 0.1) is 18.5 Å². The maximum Gasteiger partial charge on any atom is 0.214 e. The van der Waals surface area contributed by atoms with Crippen molar-refractivity contribution in [1.29, 1.82) is 0 Å². The van der Waals surface area contributed by atoms with Crippen LogP contribution in [0.1, 0.15) is 33.1 Å². The van der Waals surface area contributed by atoms with Crippen LogP contribution in [0.4, 0.5) is 0 Å². The molecular formula is C13H26N2O3S. The van der Waals surface area contributed by atoms with Gasteiger partial charge in [-0.2, -0.15) is 4.31 Å². The molecule has 0 aromatic carbocycles. The van der Waals surface area contributed by atoms with Gasteiger partial charge in [-0.1, -0.05) is 0 Å². The summed E-state index contributed by atoms with van der Waals surface area (Å²) in [6.07, 6.45) is 3.00. The molecule has 19 heavy (non-hydrogen) atoms. The average molecular weight is 290 g/mol. The van der Waals surface area contributed by atoms with E-state index in [1.807, 2.05) is 13.8 Å². The largest absolute Gasteiger partial charge is 0.375 e. The quantitative estimate of drug-likeness (QED) is 0.832. The van der Waals surface area contributed by atoms with Gasteiger partial charge in [-0.3, -0.25) is 0 Å². The molecule has 1 N–H and O–H groups in total. The number of piperidine rings is 1. The van der Waals surface area contributed by atoms with Crippen LogP contribution < -0.4 is 5.32 Å². The lowest BCUT2D eigenvalue weighted by Crippen LogP contribution is -2.51. The maximum absolute atomic E-state index is 12.4. The summed E-state index contributed by atoms with van der Waals surface area (Å²) in [6.45, 7) is 6.91. The first-order chi connectivity index (χ1) is 8.99. The molecule has 0 aliphatic carbocycles. The van der Waals surface area contributed by atoms with E-state index in [-0.39, 0.29) is 17.9 Å². The van der Waals surface area contributed by atoms with Gasteiger partial charge in [0, 0.05) is 12.6 Å². The Hall–Kier alpha value is -0.170. The topological polar surface area (TPSA) is 58.6 Å². The minimum absolute atomic E-state index is 0.00450. The molecule has 2 fully saturated rings. The van der Waals surface area contributed by atoms with Crippen LogP contribution in [0.25, 0.3) is 0 Å². The van der Waals surface area contributed by atoms with E-state index >= 15 is 0 Å². The Labute approximate surface area is 116 Å². The van der Waals surface area contributed by atoms with E-state index in [9.17, 15) is 8.42 Å². The van der Waals surface area contributed by atoms with Crippen LogP contribution in [0.15, 0.2) is 0 Å². The number of nitrogens with one attached hydrogen (secondary N) is 1. The smallest absolute Gasteiger partial charge is 0.214 e. The van der Waals surface area contributed by atoms with Gasteiger partial charge in [-0.05, 0) is 52.1 Å². The Bertz CT molecular complexity index is 379. The van der Waals surface area contributed by atoms with Crippen molar-refractivity contribution in [2.75, 3.05) is 32.0 Å². The van der Waals surface area contributed by atoms with Crippen LogP contribution in [0.5, 0.6) is 0 Å². The van der Waals surface area contributed by atoms with Gasteiger partial charge < -0.3 is 10.1 Å². The molecule has 2 atom stereocenters. The summed E-state index contributed by atoms with van der Waals surface area (Å²) in [4.78, 5) is 0. The SMILES string of the molecule is CC1CN(S(=O)(=O)CCC2CCNCC2)C(C)CO1. The molecule has 0 amide bonds. The van der Waals surface area contributed by atoms with Crippen LogP contribution in [0.2, 0.25) is 0 Å². The fourth-order valence-corrected chi connectivity index (χ4v) is 4.78.